The quantitative estimate of drug-likeness (QED) is 0.792. The number of carbonyl (C=O) groups is 2. The van der Waals surface area contributed by atoms with Crippen molar-refractivity contribution in [2.45, 2.75) is 12.4 Å². The van der Waals surface area contributed by atoms with Gasteiger partial charge in [0.15, 0.2) is 0 Å². The molecule has 0 saturated heterocycles. The molecule has 2 rings (SSSR count). The summed E-state index contributed by atoms with van der Waals surface area (Å²) in [7, 11) is 0. The average molecular weight is 352 g/mol. The molecule has 0 atom stereocenters. The Morgan fingerprint density at radius 1 is 0.750 bits per heavy atom. The normalized spacial score (nSPS) is 12.4. The van der Waals surface area contributed by atoms with Crippen molar-refractivity contribution < 1.29 is 46.1 Å². The maximum Gasteiger partial charge on any atom is 0.417 e. The zero-order valence-corrected chi connectivity index (χ0v) is 11.3. The molecule has 0 radical (unpaired) electrons. The van der Waals surface area contributed by atoms with E-state index in [4.69, 9.17) is 10.2 Å². The van der Waals surface area contributed by atoms with Crippen LogP contribution in [0, 0.1) is 0 Å². The van der Waals surface area contributed by atoms with Crippen LogP contribution in [0.5, 0.6) is 0 Å². The van der Waals surface area contributed by atoms with Crippen LogP contribution in [0.25, 0.3) is 10.8 Å². The van der Waals surface area contributed by atoms with E-state index >= 15 is 0 Å². The van der Waals surface area contributed by atoms with Gasteiger partial charge in [0.25, 0.3) is 0 Å². The zero-order valence-electron chi connectivity index (χ0n) is 11.3. The molecular formula is C14H6F6O4. The van der Waals surface area contributed by atoms with Gasteiger partial charge in [0.05, 0.1) is 22.3 Å². The van der Waals surface area contributed by atoms with Crippen molar-refractivity contribution in [1.29, 1.82) is 0 Å². The highest BCUT2D eigenvalue weighted by Crippen LogP contribution is 2.40. The fourth-order valence-corrected chi connectivity index (χ4v) is 2.16. The molecule has 0 heterocycles. The Morgan fingerprint density at radius 3 is 1.67 bits per heavy atom. The SMILES string of the molecule is O=C(O)c1cc2cc(C(F)(F)F)cc(C(F)(F)F)c2cc1C(=O)O. The van der Waals surface area contributed by atoms with Crippen LogP contribution in [0.1, 0.15) is 31.8 Å². The van der Waals surface area contributed by atoms with Gasteiger partial charge in [-0.3, -0.25) is 0 Å². The molecule has 0 aliphatic heterocycles. The molecule has 0 amide bonds. The first-order chi connectivity index (χ1) is 10.8. The van der Waals surface area contributed by atoms with Crippen LogP contribution in [0.4, 0.5) is 26.3 Å². The number of halogens is 6. The predicted molar refractivity (Wildman–Crippen MR) is 67.9 cm³/mol. The minimum absolute atomic E-state index is 0.144. The monoisotopic (exact) mass is 352 g/mol. The number of carboxylic acid groups (broad SMARTS) is 2. The van der Waals surface area contributed by atoms with E-state index in [0.717, 1.165) is 0 Å². The lowest BCUT2D eigenvalue weighted by Gasteiger charge is -2.16. The highest BCUT2D eigenvalue weighted by molar-refractivity contribution is 6.07. The van der Waals surface area contributed by atoms with E-state index in [0.29, 0.717) is 18.2 Å². The molecule has 0 fully saturated rings. The molecule has 0 aliphatic rings. The standard InChI is InChI=1S/C14H6F6O4/c15-13(16,17)6-1-5-2-8(11(21)22)9(12(23)24)4-7(5)10(3-6)14(18,19)20/h1-4H,(H,21,22)(H,23,24). The van der Waals surface area contributed by atoms with Crippen LogP contribution in [-0.4, -0.2) is 22.2 Å². The fourth-order valence-electron chi connectivity index (χ4n) is 2.16. The number of carboxylic acids is 2. The van der Waals surface area contributed by atoms with Crippen molar-refractivity contribution in [1.82, 2.24) is 0 Å². The lowest BCUT2D eigenvalue weighted by Crippen LogP contribution is -2.13. The van der Waals surface area contributed by atoms with Crippen molar-refractivity contribution in [3.63, 3.8) is 0 Å². The van der Waals surface area contributed by atoms with Crippen molar-refractivity contribution in [2.75, 3.05) is 0 Å². The van der Waals surface area contributed by atoms with Gasteiger partial charge in [0, 0.05) is 0 Å². The minimum Gasteiger partial charge on any atom is -0.478 e. The van der Waals surface area contributed by atoms with Crippen molar-refractivity contribution >= 4 is 22.7 Å². The summed E-state index contributed by atoms with van der Waals surface area (Å²) < 4.78 is 77.5. The Kier molecular flexibility index (Phi) is 3.95. The summed E-state index contributed by atoms with van der Waals surface area (Å²) in [4.78, 5) is 22.1. The molecular weight excluding hydrogens is 346 g/mol. The summed E-state index contributed by atoms with van der Waals surface area (Å²) in [5.41, 5.74) is -5.20. The van der Waals surface area contributed by atoms with Gasteiger partial charge in [-0.25, -0.2) is 9.59 Å². The molecule has 0 saturated carbocycles. The second-order valence-electron chi connectivity index (χ2n) is 4.75. The predicted octanol–water partition coefficient (Wildman–Crippen LogP) is 4.27. The molecule has 2 aromatic rings. The second-order valence-corrected chi connectivity index (χ2v) is 4.75. The second kappa shape index (κ2) is 5.39. The summed E-state index contributed by atoms with van der Waals surface area (Å²) in [5, 5.41) is 16.3. The van der Waals surface area contributed by atoms with Crippen LogP contribution < -0.4 is 0 Å². The van der Waals surface area contributed by atoms with Crippen molar-refractivity contribution in [3.05, 3.63) is 46.5 Å². The first kappa shape index (κ1) is 17.6. The molecule has 0 aromatic heterocycles. The molecule has 2 N–H and O–H groups in total. The van der Waals surface area contributed by atoms with Gasteiger partial charge in [0.2, 0.25) is 0 Å². The number of hydrogen-bond donors (Lipinski definition) is 2. The molecule has 0 aliphatic carbocycles. The first-order valence-electron chi connectivity index (χ1n) is 6.05. The maximum atomic E-state index is 13.0. The van der Waals surface area contributed by atoms with Crippen LogP contribution in [0.2, 0.25) is 0 Å². The summed E-state index contributed by atoms with van der Waals surface area (Å²) in [6.45, 7) is 0. The van der Waals surface area contributed by atoms with E-state index in [1.165, 1.54) is 0 Å². The third-order valence-corrected chi connectivity index (χ3v) is 3.18. The topological polar surface area (TPSA) is 74.6 Å². The van der Waals surface area contributed by atoms with E-state index in [-0.39, 0.29) is 6.07 Å². The highest BCUT2D eigenvalue weighted by Gasteiger charge is 2.38. The van der Waals surface area contributed by atoms with Crippen molar-refractivity contribution in [2.24, 2.45) is 0 Å². The first-order valence-corrected chi connectivity index (χ1v) is 6.05. The maximum absolute atomic E-state index is 13.0. The number of alkyl halides is 6. The highest BCUT2D eigenvalue weighted by atomic mass is 19.4. The number of hydrogen-bond acceptors (Lipinski definition) is 2. The Morgan fingerprint density at radius 2 is 1.25 bits per heavy atom. The molecule has 2 aromatic carbocycles. The smallest absolute Gasteiger partial charge is 0.417 e. The van der Waals surface area contributed by atoms with Crippen LogP contribution in [-0.2, 0) is 12.4 Å². The average Bonchev–Trinajstić information content (AvgIpc) is 2.42. The van der Waals surface area contributed by atoms with Gasteiger partial charge in [0.1, 0.15) is 0 Å². The summed E-state index contributed by atoms with van der Waals surface area (Å²) in [5.74, 6) is -3.61. The summed E-state index contributed by atoms with van der Waals surface area (Å²) >= 11 is 0. The molecule has 4 nitrogen and oxygen atoms in total. The molecule has 0 unspecified atom stereocenters. The van der Waals surface area contributed by atoms with E-state index in [2.05, 4.69) is 0 Å². The fraction of sp³-hybridized carbons (Fsp3) is 0.143. The number of fused-ring (bicyclic) bond motifs is 1. The van der Waals surface area contributed by atoms with Crippen molar-refractivity contribution in [3.8, 4) is 0 Å². The van der Waals surface area contributed by atoms with Gasteiger partial charge < -0.3 is 10.2 Å². The van der Waals surface area contributed by atoms with E-state index in [1.807, 2.05) is 0 Å². The summed E-state index contributed by atoms with van der Waals surface area (Å²) in [6, 6.07) is 1.08. The van der Waals surface area contributed by atoms with E-state index < -0.39 is 57.3 Å². The van der Waals surface area contributed by atoms with Gasteiger partial charge in [-0.2, -0.15) is 26.3 Å². The minimum atomic E-state index is -5.19. The van der Waals surface area contributed by atoms with Gasteiger partial charge in [-0.05, 0) is 35.0 Å². The summed E-state index contributed by atoms with van der Waals surface area (Å²) in [6.07, 6.45) is -10.3. The molecule has 0 bridgehead atoms. The Hall–Kier alpha value is -2.78. The lowest BCUT2D eigenvalue weighted by atomic mass is 9.95. The van der Waals surface area contributed by atoms with Gasteiger partial charge in [-0.15, -0.1) is 0 Å². The van der Waals surface area contributed by atoms with Gasteiger partial charge >= 0.3 is 24.3 Å². The van der Waals surface area contributed by atoms with Gasteiger partial charge in [-0.1, -0.05) is 0 Å². The number of rotatable bonds is 2. The Balaban J connectivity index is 2.99. The molecule has 24 heavy (non-hydrogen) atoms. The Labute approximate surface area is 128 Å². The third kappa shape index (κ3) is 3.12. The van der Waals surface area contributed by atoms with E-state index in [9.17, 15) is 35.9 Å². The van der Waals surface area contributed by atoms with Crippen LogP contribution in [0.3, 0.4) is 0 Å². The molecule has 0 spiro atoms. The van der Waals surface area contributed by atoms with Crippen LogP contribution in [0.15, 0.2) is 24.3 Å². The zero-order chi connectivity index (χ0) is 18.4. The number of aromatic carboxylic acids is 2. The third-order valence-electron chi connectivity index (χ3n) is 3.18. The van der Waals surface area contributed by atoms with Crippen LogP contribution >= 0.6 is 0 Å². The lowest BCUT2D eigenvalue weighted by molar-refractivity contribution is -0.142. The van der Waals surface area contributed by atoms with E-state index in [1.54, 1.807) is 0 Å². The molecule has 10 heteroatoms. The largest absolute Gasteiger partial charge is 0.478 e. The molecule has 128 valence electrons. The number of benzene rings is 2. The Bertz CT molecular complexity index is 851.